The molecule has 0 radical (unpaired) electrons. The van der Waals surface area contributed by atoms with Crippen LogP contribution >= 0.6 is 23.2 Å². The second kappa shape index (κ2) is 7.49. The van der Waals surface area contributed by atoms with Crippen LogP contribution in [0.5, 0.6) is 11.5 Å². The number of aromatic hydroxyl groups is 1. The lowest BCUT2D eigenvalue weighted by Gasteiger charge is -2.10. The van der Waals surface area contributed by atoms with E-state index in [1.807, 2.05) is 0 Å². The van der Waals surface area contributed by atoms with Gasteiger partial charge in [-0.2, -0.15) is 0 Å². The van der Waals surface area contributed by atoms with E-state index in [1.54, 1.807) is 38.1 Å². The molecule has 0 bridgehead atoms. The Labute approximate surface area is 144 Å². The van der Waals surface area contributed by atoms with Crippen molar-refractivity contribution in [1.29, 1.82) is 0 Å². The number of nitrogens with zero attached hydrogens (tertiary/aromatic N) is 1. The van der Waals surface area contributed by atoms with Crippen molar-refractivity contribution in [1.82, 2.24) is 0 Å². The van der Waals surface area contributed by atoms with Gasteiger partial charge in [0.15, 0.2) is 11.5 Å². The van der Waals surface area contributed by atoms with Crippen LogP contribution in [0, 0.1) is 5.92 Å². The quantitative estimate of drug-likeness (QED) is 0.478. The predicted molar refractivity (Wildman–Crippen MR) is 92.3 cm³/mol. The maximum Gasteiger partial charge on any atom is 0.313 e. The fourth-order valence-electron chi connectivity index (χ4n) is 1.67. The van der Waals surface area contributed by atoms with E-state index < -0.39 is 5.97 Å². The van der Waals surface area contributed by atoms with Crippen molar-refractivity contribution in [3.05, 3.63) is 52.0 Å². The molecule has 0 heterocycles. The molecule has 6 heteroatoms. The van der Waals surface area contributed by atoms with Crippen LogP contribution in [0.25, 0.3) is 0 Å². The molecule has 0 aliphatic carbocycles. The number of rotatable bonds is 4. The molecule has 120 valence electrons. The molecule has 0 spiro atoms. The van der Waals surface area contributed by atoms with Crippen LogP contribution in [-0.2, 0) is 4.79 Å². The normalized spacial score (nSPS) is 11.2. The first-order valence-corrected chi connectivity index (χ1v) is 7.66. The van der Waals surface area contributed by atoms with Crippen LogP contribution in [0.1, 0.15) is 19.4 Å². The van der Waals surface area contributed by atoms with Gasteiger partial charge in [-0.15, -0.1) is 0 Å². The number of hydrogen-bond acceptors (Lipinski definition) is 4. The van der Waals surface area contributed by atoms with Crippen LogP contribution in [-0.4, -0.2) is 17.3 Å². The molecule has 2 aromatic rings. The minimum atomic E-state index is -0.455. The summed E-state index contributed by atoms with van der Waals surface area (Å²) in [6.45, 7) is 3.40. The summed E-state index contributed by atoms with van der Waals surface area (Å²) in [6.07, 6.45) is 1.44. The summed E-state index contributed by atoms with van der Waals surface area (Å²) in [6, 6.07) is 9.81. The average Bonchev–Trinajstić information content (AvgIpc) is 2.50. The van der Waals surface area contributed by atoms with Gasteiger partial charge < -0.3 is 9.84 Å². The zero-order valence-electron chi connectivity index (χ0n) is 12.6. The second-order valence-corrected chi connectivity index (χ2v) is 6.03. The van der Waals surface area contributed by atoms with Gasteiger partial charge in [0.05, 0.1) is 11.6 Å². The van der Waals surface area contributed by atoms with Gasteiger partial charge in [-0.05, 0) is 30.3 Å². The van der Waals surface area contributed by atoms with E-state index in [9.17, 15) is 9.90 Å². The Bertz CT molecular complexity index is 740. The Morgan fingerprint density at radius 3 is 2.43 bits per heavy atom. The number of ether oxygens (including phenoxy) is 1. The highest BCUT2D eigenvalue weighted by Crippen LogP contribution is 2.33. The molecule has 1 N–H and O–H groups in total. The van der Waals surface area contributed by atoms with E-state index in [0.29, 0.717) is 21.3 Å². The monoisotopic (exact) mass is 351 g/mol. The molecule has 0 amide bonds. The summed E-state index contributed by atoms with van der Waals surface area (Å²) in [5.41, 5.74) is 1.01. The maximum atomic E-state index is 11.7. The topological polar surface area (TPSA) is 58.9 Å². The Balaban J connectivity index is 2.30. The number of benzene rings is 2. The van der Waals surface area contributed by atoms with E-state index in [1.165, 1.54) is 18.3 Å². The van der Waals surface area contributed by atoms with Crippen molar-refractivity contribution >= 4 is 41.1 Å². The molecule has 0 unspecified atom stereocenters. The number of aliphatic imine (C=N–C) groups is 1. The summed E-state index contributed by atoms with van der Waals surface area (Å²) in [5, 5.41) is 11.2. The summed E-state index contributed by atoms with van der Waals surface area (Å²) in [5.74, 6) is -0.961. The molecule has 2 aromatic carbocycles. The molecular formula is C17H15Cl2NO3. The van der Waals surface area contributed by atoms with Gasteiger partial charge in [-0.3, -0.25) is 9.79 Å². The molecule has 0 saturated heterocycles. The summed E-state index contributed by atoms with van der Waals surface area (Å²) in [7, 11) is 0. The fraction of sp³-hybridized carbons (Fsp3) is 0.176. The number of carbonyl (C=O) groups is 1. The van der Waals surface area contributed by atoms with Crippen LogP contribution in [0.15, 0.2) is 41.4 Å². The maximum absolute atomic E-state index is 11.7. The van der Waals surface area contributed by atoms with Crippen molar-refractivity contribution in [2.45, 2.75) is 13.8 Å². The summed E-state index contributed by atoms with van der Waals surface area (Å²) >= 11 is 11.8. The van der Waals surface area contributed by atoms with Crippen molar-refractivity contribution in [3.8, 4) is 11.5 Å². The molecule has 0 atom stereocenters. The lowest BCUT2D eigenvalue weighted by atomic mass is 10.2. The van der Waals surface area contributed by atoms with Crippen LogP contribution in [0.4, 0.5) is 5.69 Å². The highest BCUT2D eigenvalue weighted by atomic mass is 35.5. The molecule has 4 nitrogen and oxygen atoms in total. The van der Waals surface area contributed by atoms with Crippen LogP contribution < -0.4 is 4.74 Å². The molecule has 23 heavy (non-hydrogen) atoms. The van der Waals surface area contributed by atoms with E-state index in [-0.39, 0.29) is 17.4 Å². The lowest BCUT2D eigenvalue weighted by Crippen LogP contribution is -2.15. The molecule has 0 fully saturated rings. The Kier molecular flexibility index (Phi) is 5.64. The summed E-state index contributed by atoms with van der Waals surface area (Å²) in [4.78, 5) is 15.9. The molecule has 0 aromatic heterocycles. The largest absolute Gasteiger partial charge is 0.504 e. The van der Waals surface area contributed by atoms with Crippen molar-refractivity contribution < 1.29 is 14.6 Å². The number of esters is 1. The van der Waals surface area contributed by atoms with E-state index in [2.05, 4.69) is 4.99 Å². The Morgan fingerprint density at radius 2 is 1.83 bits per heavy atom. The first-order valence-electron chi connectivity index (χ1n) is 6.90. The van der Waals surface area contributed by atoms with Crippen molar-refractivity contribution in [3.63, 3.8) is 0 Å². The van der Waals surface area contributed by atoms with Gasteiger partial charge in [0.1, 0.15) is 0 Å². The predicted octanol–water partition coefficient (Wildman–Crippen LogP) is 5.01. The van der Waals surface area contributed by atoms with Crippen molar-refractivity contribution in [2.24, 2.45) is 10.9 Å². The molecule has 2 rings (SSSR count). The first kappa shape index (κ1) is 17.3. The molecule has 0 aliphatic rings. The molecule has 0 saturated carbocycles. The molecule has 0 aliphatic heterocycles. The third-order valence-corrected chi connectivity index (χ3v) is 3.40. The highest BCUT2D eigenvalue weighted by Gasteiger charge is 2.15. The Hall–Kier alpha value is -2.04. The number of halogens is 2. The lowest BCUT2D eigenvalue weighted by molar-refractivity contribution is -0.137. The third-order valence-electron chi connectivity index (χ3n) is 2.93. The molecular weight excluding hydrogens is 337 g/mol. The third kappa shape index (κ3) is 4.71. The second-order valence-electron chi connectivity index (χ2n) is 5.15. The standard InChI is InChI=1S/C17H15Cl2NO3/c1-10(2)17(22)23-15-8-13(19)7-11(16(15)21)9-20-14-5-3-12(18)4-6-14/h3-10,21H,1-2H3. The van der Waals surface area contributed by atoms with Crippen molar-refractivity contribution in [2.75, 3.05) is 0 Å². The van der Waals surface area contributed by atoms with Gasteiger partial charge in [0, 0.05) is 27.9 Å². The number of phenols is 1. The zero-order chi connectivity index (χ0) is 17.0. The van der Waals surface area contributed by atoms with E-state index in [0.717, 1.165) is 0 Å². The minimum Gasteiger partial charge on any atom is -0.504 e. The Morgan fingerprint density at radius 1 is 1.17 bits per heavy atom. The van der Waals surface area contributed by atoms with Gasteiger partial charge in [0.25, 0.3) is 0 Å². The fourth-order valence-corrected chi connectivity index (χ4v) is 2.01. The zero-order valence-corrected chi connectivity index (χ0v) is 14.1. The van der Waals surface area contributed by atoms with Gasteiger partial charge in [0.2, 0.25) is 0 Å². The summed E-state index contributed by atoms with van der Waals surface area (Å²) < 4.78 is 5.14. The number of hydrogen-bond donors (Lipinski definition) is 1. The van der Waals surface area contributed by atoms with E-state index >= 15 is 0 Å². The van der Waals surface area contributed by atoms with Gasteiger partial charge in [-0.1, -0.05) is 37.0 Å². The average molecular weight is 352 g/mol. The number of phenolic OH excluding ortho intramolecular Hbond substituents is 1. The van der Waals surface area contributed by atoms with Gasteiger partial charge in [-0.25, -0.2) is 0 Å². The van der Waals surface area contributed by atoms with E-state index in [4.69, 9.17) is 27.9 Å². The van der Waals surface area contributed by atoms with Crippen LogP contribution in [0.3, 0.4) is 0 Å². The first-order chi connectivity index (χ1) is 10.9. The number of carbonyl (C=O) groups excluding carboxylic acids is 1. The minimum absolute atomic E-state index is 0.00811. The highest BCUT2D eigenvalue weighted by molar-refractivity contribution is 6.31. The van der Waals surface area contributed by atoms with Crippen LogP contribution in [0.2, 0.25) is 10.0 Å². The van der Waals surface area contributed by atoms with Gasteiger partial charge >= 0.3 is 5.97 Å². The SMILES string of the molecule is CC(C)C(=O)Oc1cc(Cl)cc(C=Nc2ccc(Cl)cc2)c1O. The smallest absolute Gasteiger partial charge is 0.313 e.